The van der Waals surface area contributed by atoms with Crippen molar-refractivity contribution in [2.24, 2.45) is 0 Å². The van der Waals surface area contributed by atoms with Crippen LogP contribution < -0.4 is 0 Å². The largest absolute Gasteiger partial charge is 0.472 e. The standard InChI is InChI=1S/C79H146O17P2/c1-5-9-13-17-21-25-28-31-34-35-36-37-38-41-44-47-50-54-58-62-66-79(84)96-75(70-90-77(82)64-60-56-52-48-45-42-39-32-29-26-22-18-14-10-6-2)72-94-98(87,88)92-68-73(80)67-91-97(85,86)93-71-74(69-89-76(81)63-59-55-51-24-20-16-12-8-4)95-78(83)65-61-57-53-49-46-43-40-33-30-27-23-19-15-11-7-3/h26-27,29-30,32-33,39-40,73-75,80H,5-25,28,31,34-38,41-72H2,1-4H3,(H,85,86)(H,87,88)/b29-26-,30-27-,39-32-,40-33-/t73-,74+,75+/m0/s1. The third-order valence-electron chi connectivity index (χ3n) is 17.4. The van der Waals surface area contributed by atoms with Crippen LogP contribution in [0.5, 0.6) is 0 Å². The van der Waals surface area contributed by atoms with E-state index in [4.69, 9.17) is 37.0 Å². The molecule has 0 aromatic carbocycles. The highest BCUT2D eigenvalue weighted by molar-refractivity contribution is 7.47. The van der Waals surface area contributed by atoms with Gasteiger partial charge in [-0.2, -0.15) is 0 Å². The highest BCUT2D eigenvalue weighted by Gasteiger charge is 2.30. The summed E-state index contributed by atoms with van der Waals surface area (Å²) in [6, 6.07) is 0. The molecule has 0 saturated carbocycles. The number of ether oxygens (including phenoxy) is 4. The molecule has 3 N–H and O–H groups in total. The van der Waals surface area contributed by atoms with E-state index in [1.165, 1.54) is 167 Å². The van der Waals surface area contributed by atoms with Crippen LogP contribution in [-0.2, 0) is 65.4 Å². The van der Waals surface area contributed by atoms with Crippen LogP contribution >= 0.6 is 15.6 Å². The van der Waals surface area contributed by atoms with Gasteiger partial charge in [0.15, 0.2) is 12.2 Å². The summed E-state index contributed by atoms with van der Waals surface area (Å²) in [6.07, 6.45) is 69.7. The van der Waals surface area contributed by atoms with Gasteiger partial charge in [0.1, 0.15) is 19.3 Å². The van der Waals surface area contributed by atoms with Crippen molar-refractivity contribution >= 4 is 39.5 Å². The highest BCUT2D eigenvalue weighted by Crippen LogP contribution is 2.45. The zero-order valence-electron chi connectivity index (χ0n) is 62.7. The first-order valence-corrected chi connectivity index (χ1v) is 42.9. The molecule has 0 bridgehead atoms. The number of esters is 4. The summed E-state index contributed by atoms with van der Waals surface area (Å²) >= 11 is 0. The number of rotatable bonds is 76. The van der Waals surface area contributed by atoms with E-state index in [9.17, 15) is 43.2 Å². The molecule has 0 aliphatic heterocycles. The van der Waals surface area contributed by atoms with Crippen molar-refractivity contribution in [3.05, 3.63) is 48.6 Å². The number of carbonyl (C=O) groups excluding carboxylic acids is 4. The third-order valence-corrected chi connectivity index (χ3v) is 19.3. The molecular weight excluding hydrogens is 1280 g/mol. The quantitative estimate of drug-likeness (QED) is 0.0169. The summed E-state index contributed by atoms with van der Waals surface area (Å²) in [5.41, 5.74) is 0. The first-order valence-electron chi connectivity index (χ1n) is 39.9. The molecule has 0 aromatic heterocycles. The van der Waals surface area contributed by atoms with Gasteiger partial charge in [-0.25, -0.2) is 9.13 Å². The number of allylic oxidation sites excluding steroid dienone is 8. The van der Waals surface area contributed by atoms with Gasteiger partial charge in [-0.3, -0.25) is 37.3 Å². The van der Waals surface area contributed by atoms with Gasteiger partial charge in [0.05, 0.1) is 26.4 Å². The van der Waals surface area contributed by atoms with Crippen LogP contribution in [-0.4, -0.2) is 96.7 Å². The van der Waals surface area contributed by atoms with Crippen LogP contribution in [0.4, 0.5) is 0 Å². The minimum Gasteiger partial charge on any atom is -0.462 e. The predicted molar refractivity (Wildman–Crippen MR) is 400 cm³/mol. The maximum absolute atomic E-state index is 13.1. The molecule has 0 aliphatic carbocycles. The summed E-state index contributed by atoms with van der Waals surface area (Å²) in [6.45, 7) is 4.84. The van der Waals surface area contributed by atoms with E-state index in [-0.39, 0.29) is 25.7 Å². The third kappa shape index (κ3) is 71.4. The van der Waals surface area contributed by atoms with E-state index < -0.39 is 97.5 Å². The average Bonchev–Trinajstić information content (AvgIpc) is 1.09. The number of aliphatic hydroxyl groups excluding tert-OH is 1. The van der Waals surface area contributed by atoms with Gasteiger partial charge in [-0.1, -0.05) is 320 Å². The van der Waals surface area contributed by atoms with Gasteiger partial charge in [-0.05, 0) is 77.0 Å². The molecule has 2 unspecified atom stereocenters. The number of phosphoric ester groups is 2. The molecular formula is C79H146O17P2. The summed E-state index contributed by atoms with van der Waals surface area (Å²) in [5.74, 6) is -2.17. The molecule has 0 rings (SSSR count). The van der Waals surface area contributed by atoms with E-state index in [1.807, 2.05) is 0 Å². The number of hydrogen-bond donors (Lipinski definition) is 3. The molecule has 0 radical (unpaired) electrons. The Morgan fingerprint density at radius 1 is 0.286 bits per heavy atom. The molecule has 0 saturated heterocycles. The molecule has 0 fully saturated rings. The molecule has 0 aliphatic rings. The van der Waals surface area contributed by atoms with E-state index in [0.29, 0.717) is 25.7 Å². The molecule has 5 atom stereocenters. The molecule has 0 aromatic rings. The van der Waals surface area contributed by atoms with Crippen LogP contribution in [0.1, 0.15) is 374 Å². The summed E-state index contributed by atoms with van der Waals surface area (Å²) in [5, 5.41) is 10.6. The minimum atomic E-state index is -4.97. The number of phosphoric acid groups is 2. The topological polar surface area (TPSA) is 237 Å². The lowest BCUT2D eigenvalue weighted by atomic mass is 10.0. The first-order chi connectivity index (χ1) is 47.7. The average molecular weight is 1430 g/mol. The van der Waals surface area contributed by atoms with E-state index in [0.717, 1.165) is 128 Å². The molecule has 574 valence electrons. The Bertz CT molecular complexity index is 2050. The fourth-order valence-corrected chi connectivity index (χ4v) is 12.8. The second-order valence-corrected chi connectivity index (χ2v) is 30.0. The monoisotopic (exact) mass is 1430 g/mol. The van der Waals surface area contributed by atoms with Crippen LogP contribution in [0.15, 0.2) is 48.6 Å². The maximum atomic E-state index is 13.1. The highest BCUT2D eigenvalue weighted by atomic mass is 31.2. The first kappa shape index (κ1) is 95.0. The summed E-state index contributed by atoms with van der Waals surface area (Å²) < 4.78 is 68.5. The lowest BCUT2D eigenvalue weighted by molar-refractivity contribution is -0.161. The smallest absolute Gasteiger partial charge is 0.462 e. The normalized spacial score (nSPS) is 14.2. The number of hydrogen-bond acceptors (Lipinski definition) is 15. The number of unbranched alkanes of at least 4 members (excludes halogenated alkanes) is 44. The minimum absolute atomic E-state index is 0.0830. The summed E-state index contributed by atoms with van der Waals surface area (Å²) in [7, 11) is -9.93. The van der Waals surface area contributed by atoms with Crippen molar-refractivity contribution in [3.8, 4) is 0 Å². The Hall–Kier alpha value is -2.98. The fraction of sp³-hybridized carbons (Fsp3) is 0.848. The fourth-order valence-electron chi connectivity index (χ4n) is 11.2. The van der Waals surface area contributed by atoms with Crippen molar-refractivity contribution in [3.63, 3.8) is 0 Å². The van der Waals surface area contributed by atoms with Gasteiger partial charge in [0, 0.05) is 25.7 Å². The van der Waals surface area contributed by atoms with Gasteiger partial charge in [0.2, 0.25) is 0 Å². The van der Waals surface area contributed by atoms with Crippen LogP contribution in [0, 0.1) is 0 Å². The lowest BCUT2D eigenvalue weighted by Gasteiger charge is -2.21. The Balaban J connectivity index is 5.26. The Labute approximate surface area is 597 Å². The second-order valence-electron chi connectivity index (χ2n) is 27.1. The second kappa shape index (κ2) is 72.4. The molecule has 0 heterocycles. The van der Waals surface area contributed by atoms with Crippen LogP contribution in [0.2, 0.25) is 0 Å². The zero-order valence-corrected chi connectivity index (χ0v) is 64.5. The SMILES string of the molecule is CCCCCC/C=C\C=C/CCCCCCCC(=O)OC[C@H](COP(=O)(O)OC[C@@H](O)COP(=O)(O)OC[C@@H](COC(=O)CCCCCCCCCC)OC(=O)CCCCCCC/C=C\C=C/CCCCCC)OC(=O)CCCCCCCCCCCCCCCCCCCCCC. The Morgan fingerprint density at radius 2 is 0.490 bits per heavy atom. The Morgan fingerprint density at radius 3 is 0.745 bits per heavy atom. The Kier molecular flexibility index (Phi) is 70.2. The molecule has 19 heteroatoms. The predicted octanol–water partition coefficient (Wildman–Crippen LogP) is 22.9. The van der Waals surface area contributed by atoms with Gasteiger partial charge in [-0.15, -0.1) is 0 Å². The van der Waals surface area contributed by atoms with Crippen molar-refractivity contribution in [2.45, 2.75) is 393 Å². The van der Waals surface area contributed by atoms with E-state index >= 15 is 0 Å². The van der Waals surface area contributed by atoms with E-state index in [1.54, 1.807) is 0 Å². The van der Waals surface area contributed by atoms with Crippen molar-refractivity contribution in [2.75, 3.05) is 39.6 Å². The van der Waals surface area contributed by atoms with Crippen LogP contribution in [0.25, 0.3) is 0 Å². The number of aliphatic hydroxyl groups is 1. The summed E-state index contributed by atoms with van der Waals surface area (Å²) in [4.78, 5) is 72.8. The molecule has 98 heavy (non-hydrogen) atoms. The van der Waals surface area contributed by atoms with Crippen LogP contribution in [0.3, 0.4) is 0 Å². The van der Waals surface area contributed by atoms with Gasteiger partial charge >= 0.3 is 39.5 Å². The van der Waals surface area contributed by atoms with Gasteiger partial charge in [0.25, 0.3) is 0 Å². The number of carbonyl (C=O) groups is 4. The van der Waals surface area contributed by atoms with E-state index in [2.05, 4.69) is 76.3 Å². The zero-order chi connectivity index (χ0) is 71.8. The van der Waals surface area contributed by atoms with Crippen molar-refractivity contribution in [1.82, 2.24) is 0 Å². The van der Waals surface area contributed by atoms with Crippen molar-refractivity contribution in [1.29, 1.82) is 0 Å². The molecule has 0 spiro atoms. The van der Waals surface area contributed by atoms with Gasteiger partial charge < -0.3 is 33.8 Å². The van der Waals surface area contributed by atoms with Crippen molar-refractivity contribution < 1.29 is 80.2 Å². The maximum Gasteiger partial charge on any atom is 0.472 e. The molecule has 17 nitrogen and oxygen atoms in total. The molecule has 0 amide bonds. The lowest BCUT2D eigenvalue weighted by Crippen LogP contribution is -2.30.